The van der Waals surface area contributed by atoms with Gasteiger partial charge in [0.25, 0.3) is 0 Å². The normalized spacial score (nSPS) is 16.1. The first-order chi connectivity index (χ1) is 10.5. The summed E-state index contributed by atoms with van der Waals surface area (Å²) < 4.78 is 0. The van der Waals surface area contributed by atoms with Crippen molar-refractivity contribution in [2.24, 2.45) is 5.41 Å². The third kappa shape index (κ3) is 9.97. The Kier molecular flexibility index (Phi) is 12.2. The number of aliphatic hydroxyl groups is 2. The van der Waals surface area contributed by atoms with Gasteiger partial charge in [-0.25, -0.2) is 0 Å². The third-order valence-electron chi connectivity index (χ3n) is 4.06. The molecule has 2 heteroatoms. The van der Waals surface area contributed by atoms with Crippen LogP contribution in [0.1, 0.15) is 72.6 Å². The number of allylic oxidation sites excluding steroid dienone is 3. The highest BCUT2D eigenvalue weighted by Gasteiger charge is 2.27. The minimum Gasteiger partial charge on any atom is -0.392 e. The van der Waals surface area contributed by atoms with E-state index < -0.39 is 6.10 Å². The molecule has 0 unspecified atom stereocenters. The van der Waals surface area contributed by atoms with Crippen LogP contribution in [0.2, 0.25) is 0 Å². The van der Waals surface area contributed by atoms with Gasteiger partial charge in [-0.15, -0.1) is 0 Å². The minimum atomic E-state index is -0.507. The molecule has 2 N–H and O–H groups in total. The lowest BCUT2D eigenvalue weighted by Gasteiger charge is -2.30. The van der Waals surface area contributed by atoms with Crippen LogP contribution in [0.4, 0.5) is 0 Å². The van der Waals surface area contributed by atoms with Crippen LogP contribution in [0.3, 0.4) is 0 Å². The molecule has 22 heavy (non-hydrogen) atoms. The lowest BCUT2D eigenvalue weighted by molar-refractivity contribution is 0.106. The molecule has 0 aromatic carbocycles. The van der Waals surface area contributed by atoms with Crippen molar-refractivity contribution < 1.29 is 10.2 Å². The van der Waals surface area contributed by atoms with Crippen LogP contribution in [0.15, 0.2) is 36.0 Å². The van der Waals surface area contributed by atoms with E-state index in [2.05, 4.69) is 39.8 Å². The number of aliphatic hydroxyl groups excluding tert-OH is 2. The zero-order valence-corrected chi connectivity index (χ0v) is 15.0. The Morgan fingerprint density at radius 1 is 1.09 bits per heavy atom. The first-order valence-electron chi connectivity index (χ1n) is 8.73. The Hall–Kier alpha value is -0.860. The number of unbranched alkanes of at least 4 members (excludes halogenated alkanes) is 4. The monoisotopic (exact) mass is 308 g/mol. The molecule has 0 heterocycles. The summed E-state index contributed by atoms with van der Waals surface area (Å²) in [5.74, 6) is 0. The van der Waals surface area contributed by atoms with Gasteiger partial charge >= 0.3 is 0 Å². The zero-order valence-electron chi connectivity index (χ0n) is 15.0. The van der Waals surface area contributed by atoms with Crippen molar-refractivity contribution in [3.05, 3.63) is 36.0 Å². The summed E-state index contributed by atoms with van der Waals surface area (Å²) in [6, 6.07) is 0. The van der Waals surface area contributed by atoms with Gasteiger partial charge in [0, 0.05) is 5.41 Å². The summed E-state index contributed by atoms with van der Waals surface area (Å²) in [6.45, 7) is 8.47. The van der Waals surface area contributed by atoms with E-state index in [0.717, 1.165) is 19.3 Å². The van der Waals surface area contributed by atoms with Crippen LogP contribution in [-0.2, 0) is 0 Å². The van der Waals surface area contributed by atoms with E-state index in [1.807, 2.05) is 12.2 Å². The van der Waals surface area contributed by atoms with Crippen LogP contribution in [-0.4, -0.2) is 22.9 Å². The number of hydrogen-bond donors (Lipinski definition) is 2. The van der Waals surface area contributed by atoms with Crippen molar-refractivity contribution in [2.45, 2.75) is 78.7 Å². The molecule has 0 rings (SSSR count). The van der Waals surface area contributed by atoms with E-state index in [0.29, 0.717) is 0 Å². The standard InChI is InChI=1S/C20H36O2/c1-5-6-7-8-9-10-14-19(22)20(4,16-12-17-21)15-11-13-18(2)3/h10,12-14,16,19,21-22H,5-9,11,15,17H2,1-4H3/b14-10+,16-12+/t19-,20+/m1/s1. The molecule has 0 aliphatic carbocycles. The fourth-order valence-electron chi connectivity index (χ4n) is 2.46. The van der Waals surface area contributed by atoms with Gasteiger partial charge in [0.05, 0.1) is 12.7 Å². The van der Waals surface area contributed by atoms with Gasteiger partial charge in [0.1, 0.15) is 0 Å². The summed E-state index contributed by atoms with van der Waals surface area (Å²) in [5, 5.41) is 19.5. The van der Waals surface area contributed by atoms with Crippen LogP contribution in [0.5, 0.6) is 0 Å². The Morgan fingerprint density at radius 2 is 1.82 bits per heavy atom. The van der Waals surface area contributed by atoms with Crippen molar-refractivity contribution >= 4 is 0 Å². The SMILES string of the molecule is CCCCCC/C=C/[C@@H](O)[C@](C)(/C=C/CO)CCC=C(C)C. The molecular formula is C20H36O2. The van der Waals surface area contributed by atoms with Crippen molar-refractivity contribution in [3.63, 3.8) is 0 Å². The maximum Gasteiger partial charge on any atom is 0.0808 e. The van der Waals surface area contributed by atoms with E-state index in [1.165, 1.54) is 31.3 Å². The Morgan fingerprint density at radius 3 is 2.41 bits per heavy atom. The van der Waals surface area contributed by atoms with Gasteiger partial charge in [0.2, 0.25) is 0 Å². The highest BCUT2D eigenvalue weighted by molar-refractivity contribution is 5.09. The Labute approximate surface area is 137 Å². The highest BCUT2D eigenvalue weighted by Crippen LogP contribution is 2.31. The molecule has 0 aliphatic rings. The van der Waals surface area contributed by atoms with Crippen molar-refractivity contribution in [1.29, 1.82) is 0 Å². The maximum atomic E-state index is 10.5. The average Bonchev–Trinajstić information content (AvgIpc) is 2.48. The smallest absolute Gasteiger partial charge is 0.0808 e. The Balaban J connectivity index is 4.54. The van der Waals surface area contributed by atoms with Gasteiger partial charge in [-0.05, 0) is 39.5 Å². The maximum absolute atomic E-state index is 10.5. The summed E-state index contributed by atoms with van der Waals surface area (Å²) >= 11 is 0. The first-order valence-corrected chi connectivity index (χ1v) is 8.73. The quantitative estimate of drug-likeness (QED) is 0.385. The van der Waals surface area contributed by atoms with Crippen molar-refractivity contribution in [1.82, 2.24) is 0 Å². The van der Waals surface area contributed by atoms with E-state index in [-0.39, 0.29) is 12.0 Å². The molecule has 0 radical (unpaired) electrons. The number of hydrogen-bond acceptors (Lipinski definition) is 2. The van der Waals surface area contributed by atoms with Crippen molar-refractivity contribution in [3.8, 4) is 0 Å². The van der Waals surface area contributed by atoms with E-state index >= 15 is 0 Å². The second-order valence-corrected chi connectivity index (χ2v) is 6.63. The fraction of sp³-hybridized carbons (Fsp3) is 0.700. The molecule has 0 aliphatic heterocycles. The fourth-order valence-corrected chi connectivity index (χ4v) is 2.46. The number of rotatable bonds is 12. The van der Waals surface area contributed by atoms with Gasteiger partial charge in [-0.3, -0.25) is 0 Å². The average molecular weight is 309 g/mol. The Bertz CT molecular complexity index is 351. The molecule has 0 aromatic rings. The van der Waals surface area contributed by atoms with Gasteiger partial charge < -0.3 is 10.2 Å². The predicted molar refractivity (Wildman–Crippen MR) is 96.9 cm³/mol. The van der Waals surface area contributed by atoms with Crippen LogP contribution in [0, 0.1) is 5.41 Å². The molecule has 0 bridgehead atoms. The third-order valence-corrected chi connectivity index (χ3v) is 4.06. The van der Waals surface area contributed by atoms with E-state index in [4.69, 9.17) is 5.11 Å². The van der Waals surface area contributed by atoms with Crippen LogP contribution < -0.4 is 0 Å². The molecule has 0 spiro atoms. The molecule has 128 valence electrons. The molecule has 0 saturated heterocycles. The molecule has 0 saturated carbocycles. The van der Waals surface area contributed by atoms with E-state index in [1.54, 1.807) is 6.08 Å². The van der Waals surface area contributed by atoms with Gasteiger partial charge in [-0.2, -0.15) is 0 Å². The predicted octanol–water partition coefficient (Wildman–Crippen LogP) is 5.18. The zero-order chi connectivity index (χ0) is 16.8. The van der Waals surface area contributed by atoms with Crippen LogP contribution in [0.25, 0.3) is 0 Å². The lowest BCUT2D eigenvalue weighted by Crippen LogP contribution is -2.28. The molecule has 2 atom stereocenters. The van der Waals surface area contributed by atoms with Gasteiger partial charge in [0.15, 0.2) is 0 Å². The lowest BCUT2D eigenvalue weighted by atomic mass is 9.79. The first kappa shape index (κ1) is 21.1. The summed E-state index contributed by atoms with van der Waals surface area (Å²) in [6.07, 6.45) is 17.3. The highest BCUT2D eigenvalue weighted by atomic mass is 16.3. The molecular weight excluding hydrogens is 272 g/mol. The second kappa shape index (κ2) is 12.7. The topological polar surface area (TPSA) is 40.5 Å². The van der Waals surface area contributed by atoms with Crippen LogP contribution >= 0.6 is 0 Å². The largest absolute Gasteiger partial charge is 0.392 e. The summed E-state index contributed by atoms with van der Waals surface area (Å²) in [7, 11) is 0. The molecule has 0 fully saturated rings. The van der Waals surface area contributed by atoms with E-state index in [9.17, 15) is 5.11 Å². The summed E-state index contributed by atoms with van der Waals surface area (Å²) in [5.41, 5.74) is 0.976. The molecule has 2 nitrogen and oxygen atoms in total. The summed E-state index contributed by atoms with van der Waals surface area (Å²) in [4.78, 5) is 0. The second-order valence-electron chi connectivity index (χ2n) is 6.63. The van der Waals surface area contributed by atoms with Gasteiger partial charge in [-0.1, -0.05) is 69.1 Å². The van der Waals surface area contributed by atoms with Crippen molar-refractivity contribution in [2.75, 3.05) is 6.61 Å². The molecule has 0 amide bonds. The minimum absolute atomic E-state index is 0.0195. The molecule has 0 aromatic heterocycles.